The summed E-state index contributed by atoms with van der Waals surface area (Å²) in [6.07, 6.45) is 3.46. The van der Waals surface area contributed by atoms with Crippen molar-refractivity contribution < 1.29 is 64.8 Å². The van der Waals surface area contributed by atoms with Gasteiger partial charge in [0.05, 0.1) is 59.3 Å². The van der Waals surface area contributed by atoms with Gasteiger partial charge < -0.3 is 56.8 Å². The zero-order valence-corrected chi connectivity index (χ0v) is 29.8. The molecule has 9 N–H and O–H groups in total. The number of unbranched alkanes of at least 4 members (excludes halogenated alkanes) is 2. The van der Waals surface area contributed by atoms with E-state index < -0.39 is 71.1 Å². The predicted molar refractivity (Wildman–Crippen MR) is 181 cm³/mol. The Bertz CT molecular complexity index is 1230. The Morgan fingerprint density at radius 1 is 0.528 bits per heavy atom. The fourth-order valence-electron chi connectivity index (χ4n) is 4.45. The molecule has 0 radical (unpaired) electrons. The van der Waals surface area contributed by atoms with Crippen molar-refractivity contribution in [2.75, 3.05) is 79.0 Å². The van der Waals surface area contributed by atoms with E-state index >= 15 is 0 Å². The maximum absolute atomic E-state index is 13.6. The normalized spacial score (nSPS) is 12.3. The Labute approximate surface area is 305 Å². The smallest absolute Gasteiger partial charge is 0.313 e. The molecule has 53 heavy (non-hydrogen) atoms. The average molecular weight is 773 g/mol. The number of nitrogens with one attached hydrogen (secondary N) is 3. The third-order valence-electron chi connectivity index (χ3n) is 7.28. The Morgan fingerprint density at radius 2 is 0.981 bits per heavy atom. The third-order valence-corrected chi connectivity index (χ3v) is 7.28. The first-order chi connectivity index (χ1) is 25.5. The van der Waals surface area contributed by atoms with Gasteiger partial charge in [0.1, 0.15) is 12.1 Å². The van der Waals surface area contributed by atoms with Crippen LogP contribution in [0.25, 0.3) is 0 Å². The number of nitrogens with two attached hydrogens (primary N) is 3. The minimum absolute atomic E-state index is 0.0311. The summed E-state index contributed by atoms with van der Waals surface area (Å²) in [4.78, 5) is 50.0. The molecule has 0 heterocycles. The lowest BCUT2D eigenvalue weighted by atomic mass is 10.1. The molecular formula is C33H53F5N6O9. The van der Waals surface area contributed by atoms with E-state index in [0.717, 1.165) is 0 Å². The first-order valence-corrected chi connectivity index (χ1v) is 17.5. The van der Waals surface area contributed by atoms with Crippen LogP contribution in [0.1, 0.15) is 57.8 Å². The highest BCUT2D eigenvalue weighted by molar-refractivity contribution is 5.92. The molecule has 0 saturated heterocycles. The maximum atomic E-state index is 13.6. The summed E-state index contributed by atoms with van der Waals surface area (Å²) in [7, 11) is 0. The molecule has 0 aliphatic rings. The van der Waals surface area contributed by atoms with Crippen molar-refractivity contribution in [2.45, 2.75) is 69.9 Å². The van der Waals surface area contributed by atoms with Crippen molar-refractivity contribution in [1.82, 2.24) is 16.0 Å². The maximum Gasteiger partial charge on any atom is 0.313 e. The molecule has 0 aliphatic heterocycles. The molecule has 1 aromatic rings. The average Bonchev–Trinajstić information content (AvgIpc) is 3.14. The Morgan fingerprint density at radius 3 is 1.49 bits per heavy atom. The van der Waals surface area contributed by atoms with Crippen LogP contribution in [0.2, 0.25) is 0 Å². The molecule has 3 amide bonds. The molecule has 0 saturated carbocycles. The number of ether oxygens (including phenoxy) is 5. The van der Waals surface area contributed by atoms with Gasteiger partial charge in [-0.15, -0.1) is 0 Å². The lowest BCUT2D eigenvalue weighted by Gasteiger charge is -2.23. The van der Waals surface area contributed by atoms with Gasteiger partial charge in [-0.1, -0.05) is 0 Å². The molecule has 0 aromatic heterocycles. The van der Waals surface area contributed by atoms with Crippen molar-refractivity contribution in [3.63, 3.8) is 0 Å². The van der Waals surface area contributed by atoms with Crippen LogP contribution >= 0.6 is 0 Å². The van der Waals surface area contributed by atoms with Gasteiger partial charge in [0.15, 0.2) is 0 Å². The van der Waals surface area contributed by atoms with E-state index in [0.29, 0.717) is 64.6 Å². The fourth-order valence-corrected chi connectivity index (χ4v) is 4.45. The molecule has 2 atom stereocenters. The van der Waals surface area contributed by atoms with Crippen molar-refractivity contribution in [2.24, 2.45) is 17.2 Å². The van der Waals surface area contributed by atoms with Gasteiger partial charge in [0, 0.05) is 13.0 Å². The van der Waals surface area contributed by atoms with Crippen LogP contribution in [0.15, 0.2) is 0 Å². The second kappa shape index (κ2) is 28.9. The van der Waals surface area contributed by atoms with Crippen LogP contribution in [0, 0.1) is 29.1 Å². The molecule has 0 unspecified atom stereocenters. The Hall–Kier alpha value is -3.53. The summed E-state index contributed by atoms with van der Waals surface area (Å²) in [5.74, 6) is -15.4. The number of esters is 1. The first-order valence-electron chi connectivity index (χ1n) is 17.5. The summed E-state index contributed by atoms with van der Waals surface area (Å²) in [6.45, 7) is 2.35. The standard InChI is InChI=1S/C33H53F5N6O9/c34-26-27(35)29(37)31(30(38)28(26)36)53-25(46)9-14-49-16-18-51-20-21-52-19-17-50-15-13-42-32(47)22(6-1-3-10-39)44-33(48)23(7-2-4-11-40)43-24(45)8-5-12-41/h22-23H,1-21,39-41H2,(H,42,47)(H,43,45)(H,44,48)/t22-,23-/m0/s1. The van der Waals surface area contributed by atoms with Crippen LogP contribution in [0.3, 0.4) is 0 Å². The molecule has 1 rings (SSSR count). The van der Waals surface area contributed by atoms with Gasteiger partial charge in [-0.3, -0.25) is 19.2 Å². The summed E-state index contributed by atoms with van der Waals surface area (Å²) < 4.78 is 92.2. The molecular weight excluding hydrogens is 719 g/mol. The monoisotopic (exact) mass is 772 g/mol. The molecule has 0 aliphatic carbocycles. The van der Waals surface area contributed by atoms with Crippen LogP contribution in [-0.4, -0.2) is 115 Å². The predicted octanol–water partition coefficient (Wildman–Crippen LogP) is 0.827. The van der Waals surface area contributed by atoms with Crippen molar-refractivity contribution >= 4 is 23.7 Å². The van der Waals surface area contributed by atoms with Gasteiger partial charge in [-0.05, 0) is 64.6 Å². The van der Waals surface area contributed by atoms with Crippen LogP contribution < -0.4 is 37.9 Å². The number of carbonyl (C=O) groups is 4. The quantitative estimate of drug-likeness (QED) is 0.0154. The summed E-state index contributed by atoms with van der Waals surface area (Å²) in [6, 6.07) is -1.65. The number of carbonyl (C=O) groups excluding carboxylic acids is 4. The van der Waals surface area contributed by atoms with E-state index in [4.69, 9.17) is 36.1 Å². The van der Waals surface area contributed by atoms with E-state index in [2.05, 4.69) is 20.7 Å². The lowest BCUT2D eigenvalue weighted by molar-refractivity contribution is -0.136. The highest BCUT2D eigenvalue weighted by Crippen LogP contribution is 2.29. The second-order valence-corrected chi connectivity index (χ2v) is 11.5. The van der Waals surface area contributed by atoms with E-state index in [1.54, 1.807) is 0 Å². The molecule has 15 nitrogen and oxygen atoms in total. The largest absolute Gasteiger partial charge is 0.420 e. The topological polar surface area (TPSA) is 229 Å². The summed E-state index contributed by atoms with van der Waals surface area (Å²) in [5, 5.41) is 8.25. The fraction of sp³-hybridized carbons (Fsp3) is 0.697. The molecule has 0 spiro atoms. The van der Waals surface area contributed by atoms with Crippen molar-refractivity contribution in [3.8, 4) is 5.75 Å². The van der Waals surface area contributed by atoms with Crippen LogP contribution in [-0.2, 0) is 38.1 Å². The van der Waals surface area contributed by atoms with E-state index in [1.807, 2.05) is 0 Å². The second-order valence-electron chi connectivity index (χ2n) is 11.5. The molecule has 0 fully saturated rings. The first kappa shape index (κ1) is 47.5. The van der Waals surface area contributed by atoms with Gasteiger partial charge in [-0.2, -0.15) is 8.78 Å². The molecule has 1 aromatic carbocycles. The zero-order chi connectivity index (χ0) is 39.4. The minimum atomic E-state index is -2.37. The zero-order valence-electron chi connectivity index (χ0n) is 29.8. The van der Waals surface area contributed by atoms with Gasteiger partial charge in [-0.25, -0.2) is 13.2 Å². The number of hydrogen-bond donors (Lipinski definition) is 6. The SMILES string of the molecule is NCCCC[C@H](NC(=O)CCCN)C(=O)N[C@@H](CCCCN)C(=O)NCCOCCOCCOCCOCCC(=O)Oc1c(F)c(F)c(F)c(F)c1F. The summed E-state index contributed by atoms with van der Waals surface area (Å²) in [5.41, 5.74) is 16.6. The van der Waals surface area contributed by atoms with Gasteiger partial charge in [0.25, 0.3) is 0 Å². The third kappa shape index (κ3) is 19.9. The van der Waals surface area contributed by atoms with E-state index in [9.17, 15) is 41.1 Å². The number of halogens is 5. The molecule has 304 valence electrons. The van der Waals surface area contributed by atoms with E-state index in [-0.39, 0.29) is 71.7 Å². The van der Waals surface area contributed by atoms with Gasteiger partial charge in [0.2, 0.25) is 52.6 Å². The van der Waals surface area contributed by atoms with E-state index in [1.165, 1.54) is 0 Å². The van der Waals surface area contributed by atoms with Gasteiger partial charge >= 0.3 is 5.97 Å². The number of amides is 3. The Kier molecular flexibility index (Phi) is 25.9. The summed E-state index contributed by atoms with van der Waals surface area (Å²) >= 11 is 0. The number of rotatable bonds is 31. The number of benzene rings is 1. The highest BCUT2D eigenvalue weighted by Gasteiger charge is 2.29. The Balaban J connectivity index is 2.24. The highest BCUT2D eigenvalue weighted by atomic mass is 19.2. The minimum Gasteiger partial charge on any atom is -0.420 e. The van der Waals surface area contributed by atoms with Crippen molar-refractivity contribution in [1.29, 1.82) is 0 Å². The van der Waals surface area contributed by atoms with Crippen LogP contribution in [0.5, 0.6) is 5.75 Å². The molecule has 20 heteroatoms. The van der Waals surface area contributed by atoms with Crippen LogP contribution in [0.4, 0.5) is 22.0 Å². The van der Waals surface area contributed by atoms with Crippen molar-refractivity contribution in [3.05, 3.63) is 29.1 Å². The lowest BCUT2D eigenvalue weighted by Crippen LogP contribution is -2.54. The molecule has 0 bridgehead atoms. The number of hydrogen-bond acceptors (Lipinski definition) is 12.